The highest BCUT2D eigenvalue weighted by molar-refractivity contribution is 6.64. The number of para-hydroxylation sites is 1. The van der Waals surface area contributed by atoms with Gasteiger partial charge in [-0.05, 0) is 36.6 Å². The van der Waals surface area contributed by atoms with Gasteiger partial charge in [0.15, 0.2) is 0 Å². The molecular formula is C14H14ClNO3. The summed E-state index contributed by atoms with van der Waals surface area (Å²) in [6, 6.07) is 7.25. The smallest absolute Gasteiger partial charge is 0.258 e. The molecule has 2 atom stereocenters. The van der Waals surface area contributed by atoms with E-state index in [0.29, 0.717) is 24.5 Å². The lowest BCUT2D eigenvalue weighted by Gasteiger charge is -2.36. The topological polar surface area (TPSA) is 46.6 Å². The van der Waals surface area contributed by atoms with Crippen molar-refractivity contribution in [3.63, 3.8) is 0 Å². The number of hydrogen-bond acceptors (Lipinski definition) is 3. The number of rotatable bonds is 1. The van der Waals surface area contributed by atoms with Crippen LogP contribution < -0.4 is 4.74 Å². The van der Waals surface area contributed by atoms with Gasteiger partial charge in [0, 0.05) is 6.54 Å². The number of carbonyl (C=O) groups is 2. The van der Waals surface area contributed by atoms with Crippen LogP contribution in [0.5, 0.6) is 5.75 Å². The van der Waals surface area contributed by atoms with Crippen molar-refractivity contribution in [2.75, 3.05) is 13.2 Å². The van der Waals surface area contributed by atoms with Crippen molar-refractivity contribution in [2.45, 2.75) is 18.9 Å². The molecular weight excluding hydrogens is 266 g/mol. The first kappa shape index (κ1) is 12.5. The van der Waals surface area contributed by atoms with Crippen LogP contribution in [0.2, 0.25) is 0 Å². The number of piperidine rings is 1. The lowest BCUT2D eigenvalue weighted by Crippen LogP contribution is -2.49. The van der Waals surface area contributed by atoms with Crippen molar-refractivity contribution < 1.29 is 14.3 Å². The Kier molecular flexibility index (Phi) is 3.19. The molecule has 3 rings (SSSR count). The van der Waals surface area contributed by atoms with Gasteiger partial charge < -0.3 is 9.64 Å². The molecule has 0 saturated carbocycles. The molecule has 19 heavy (non-hydrogen) atoms. The summed E-state index contributed by atoms with van der Waals surface area (Å²) in [6.07, 6.45) is 1.47. The van der Waals surface area contributed by atoms with Crippen molar-refractivity contribution >= 4 is 22.8 Å². The number of benzene rings is 1. The second-order valence-corrected chi connectivity index (χ2v) is 5.37. The summed E-state index contributed by atoms with van der Waals surface area (Å²) in [5, 5.41) is -0.357. The minimum Gasteiger partial charge on any atom is -0.491 e. The Morgan fingerprint density at radius 1 is 1.32 bits per heavy atom. The average Bonchev–Trinajstić information content (AvgIpc) is 2.57. The normalized spacial score (nSPS) is 25.9. The Hall–Kier alpha value is -1.55. The molecule has 0 radical (unpaired) electrons. The summed E-state index contributed by atoms with van der Waals surface area (Å²) in [5.41, 5.74) is 0.563. The van der Waals surface area contributed by atoms with E-state index >= 15 is 0 Å². The largest absolute Gasteiger partial charge is 0.491 e. The van der Waals surface area contributed by atoms with Crippen molar-refractivity contribution in [3.05, 3.63) is 29.8 Å². The molecule has 1 aromatic rings. The standard InChI is InChI=1S/C14H14ClNO3/c15-13(17)9-5-6-10-8-19-12-4-2-1-3-11(12)14(18)16(10)7-9/h1-4,9-10H,5-8H2/t9-,10-/m0/s1. The fourth-order valence-electron chi connectivity index (χ4n) is 2.74. The SMILES string of the molecule is O=C(Cl)[C@H]1CC[C@H]2COc3ccccc3C(=O)N2C1. The van der Waals surface area contributed by atoms with Crippen LogP contribution in [-0.2, 0) is 4.79 Å². The van der Waals surface area contributed by atoms with E-state index in [0.717, 1.165) is 12.8 Å². The number of halogens is 1. The zero-order valence-electron chi connectivity index (χ0n) is 10.3. The van der Waals surface area contributed by atoms with Crippen molar-refractivity contribution in [1.82, 2.24) is 4.90 Å². The van der Waals surface area contributed by atoms with Crippen LogP contribution in [0.3, 0.4) is 0 Å². The van der Waals surface area contributed by atoms with Gasteiger partial charge in [-0.15, -0.1) is 0 Å². The molecule has 4 nitrogen and oxygen atoms in total. The second-order valence-electron chi connectivity index (χ2n) is 5.00. The maximum Gasteiger partial charge on any atom is 0.258 e. The number of amides is 1. The number of fused-ring (bicyclic) bond motifs is 2. The average molecular weight is 280 g/mol. The summed E-state index contributed by atoms with van der Waals surface area (Å²) in [5.74, 6) is 0.295. The van der Waals surface area contributed by atoms with Crippen molar-refractivity contribution in [3.8, 4) is 5.75 Å². The van der Waals surface area contributed by atoms with Crippen molar-refractivity contribution in [2.24, 2.45) is 5.92 Å². The quantitative estimate of drug-likeness (QED) is 0.739. The minimum absolute atomic E-state index is 0.0344. The molecule has 0 unspecified atom stereocenters. The fourth-order valence-corrected chi connectivity index (χ4v) is 2.92. The van der Waals surface area contributed by atoms with Crippen LogP contribution in [0, 0.1) is 5.92 Å². The molecule has 1 saturated heterocycles. The van der Waals surface area contributed by atoms with E-state index in [1.165, 1.54) is 0 Å². The number of carbonyl (C=O) groups excluding carboxylic acids is 2. The Morgan fingerprint density at radius 3 is 2.89 bits per heavy atom. The molecule has 2 aliphatic heterocycles. The first-order chi connectivity index (χ1) is 9.16. The number of nitrogens with zero attached hydrogens (tertiary/aromatic N) is 1. The third-order valence-corrected chi connectivity index (χ3v) is 4.15. The summed E-state index contributed by atoms with van der Waals surface area (Å²) < 4.78 is 5.70. The van der Waals surface area contributed by atoms with E-state index < -0.39 is 0 Å². The van der Waals surface area contributed by atoms with Crippen LogP contribution >= 0.6 is 11.6 Å². The third kappa shape index (κ3) is 2.21. The Labute approximate surface area is 116 Å². The van der Waals surface area contributed by atoms with Gasteiger partial charge >= 0.3 is 0 Å². The predicted molar refractivity (Wildman–Crippen MR) is 70.3 cm³/mol. The summed E-state index contributed by atoms with van der Waals surface area (Å²) in [6.45, 7) is 0.871. The van der Waals surface area contributed by atoms with Crippen LogP contribution in [-0.4, -0.2) is 35.2 Å². The lowest BCUT2D eigenvalue weighted by molar-refractivity contribution is -0.116. The fraction of sp³-hybridized carbons (Fsp3) is 0.429. The van der Waals surface area contributed by atoms with Gasteiger partial charge in [0.25, 0.3) is 5.91 Å². The van der Waals surface area contributed by atoms with E-state index in [-0.39, 0.29) is 23.1 Å². The maximum absolute atomic E-state index is 12.5. The highest BCUT2D eigenvalue weighted by Crippen LogP contribution is 2.31. The summed E-state index contributed by atoms with van der Waals surface area (Å²) in [4.78, 5) is 25.6. The summed E-state index contributed by atoms with van der Waals surface area (Å²) >= 11 is 5.57. The molecule has 100 valence electrons. The molecule has 5 heteroatoms. The van der Waals surface area contributed by atoms with Gasteiger partial charge in [-0.2, -0.15) is 0 Å². The first-order valence-corrected chi connectivity index (χ1v) is 6.77. The molecule has 2 heterocycles. The summed E-state index contributed by atoms with van der Waals surface area (Å²) in [7, 11) is 0. The van der Waals surface area contributed by atoms with Crippen LogP contribution in [0.25, 0.3) is 0 Å². The van der Waals surface area contributed by atoms with Gasteiger partial charge in [-0.25, -0.2) is 0 Å². The van der Waals surface area contributed by atoms with Gasteiger partial charge in [0.1, 0.15) is 12.4 Å². The third-order valence-electron chi connectivity index (χ3n) is 3.84. The number of ether oxygens (including phenoxy) is 1. The molecule has 0 bridgehead atoms. The lowest BCUT2D eigenvalue weighted by atomic mass is 9.93. The Morgan fingerprint density at radius 2 is 2.11 bits per heavy atom. The molecule has 0 aromatic heterocycles. The van der Waals surface area contributed by atoms with Crippen LogP contribution in [0.1, 0.15) is 23.2 Å². The minimum atomic E-state index is -0.357. The second kappa shape index (κ2) is 4.85. The molecule has 0 spiro atoms. The highest BCUT2D eigenvalue weighted by Gasteiger charge is 2.37. The van der Waals surface area contributed by atoms with Gasteiger partial charge in [0.05, 0.1) is 17.5 Å². The van der Waals surface area contributed by atoms with E-state index in [9.17, 15) is 9.59 Å². The maximum atomic E-state index is 12.5. The first-order valence-electron chi connectivity index (χ1n) is 6.39. The van der Waals surface area contributed by atoms with Gasteiger partial charge in [0.2, 0.25) is 5.24 Å². The van der Waals surface area contributed by atoms with E-state index in [1.54, 1.807) is 17.0 Å². The zero-order chi connectivity index (χ0) is 13.4. The Balaban J connectivity index is 1.92. The van der Waals surface area contributed by atoms with Crippen LogP contribution in [0.4, 0.5) is 0 Å². The highest BCUT2D eigenvalue weighted by atomic mass is 35.5. The molecule has 1 amide bonds. The van der Waals surface area contributed by atoms with Gasteiger partial charge in [-0.1, -0.05) is 12.1 Å². The molecule has 2 aliphatic rings. The van der Waals surface area contributed by atoms with Gasteiger partial charge in [-0.3, -0.25) is 9.59 Å². The predicted octanol–water partition coefficient (Wildman–Crippen LogP) is 2.07. The molecule has 0 N–H and O–H groups in total. The van der Waals surface area contributed by atoms with E-state index in [1.807, 2.05) is 12.1 Å². The van der Waals surface area contributed by atoms with E-state index in [4.69, 9.17) is 16.3 Å². The Bertz CT molecular complexity index is 531. The number of hydrogen-bond donors (Lipinski definition) is 0. The van der Waals surface area contributed by atoms with Crippen molar-refractivity contribution in [1.29, 1.82) is 0 Å². The molecule has 0 aliphatic carbocycles. The zero-order valence-corrected chi connectivity index (χ0v) is 11.1. The van der Waals surface area contributed by atoms with E-state index in [2.05, 4.69) is 0 Å². The van der Waals surface area contributed by atoms with Crippen LogP contribution in [0.15, 0.2) is 24.3 Å². The molecule has 1 fully saturated rings. The monoisotopic (exact) mass is 279 g/mol. The molecule has 1 aromatic carbocycles.